The van der Waals surface area contributed by atoms with E-state index in [1.54, 1.807) is 72.8 Å². The molecule has 0 atom stereocenters. The van der Waals surface area contributed by atoms with Crippen molar-refractivity contribution in [2.75, 3.05) is 21.3 Å². The summed E-state index contributed by atoms with van der Waals surface area (Å²) in [5.41, 5.74) is -0.447. The molecule has 0 aliphatic rings. The molecule has 0 aliphatic carbocycles. The summed E-state index contributed by atoms with van der Waals surface area (Å²) in [6.45, 7) is 0. The van der Waals surface area contributed by atoms with Gasteiger partial charge in [-0.1, -0.05) is 36.4 Å². The molecule has 0 aliphatic heterocycles. The minimum atomic E-state index is -1.57. The SMILES string of the molecule is COc1ccccc1C(=O)SP(SC(=O)c1ccccc1OC)SC(=O)c1ccccc1OC. The van der Waals surface area contributed by atoms with Crippen molar-refractivity contribution in [1.82, 2.24) is 0 Å². The van der Waals surface area contributed by atoms with E-state index in [9.17, 15) is 14.4 Å². The Morgan fingerprint density at radius 3 is 1.06 bits per heavy atom. The van der Waals surface area contributed by atoms with E-state index in [1.807, 2.05) is 0 Å². The zero-order valence-electron chi connectivity index (χ0n) is 18.5. The van der Waals surface area contributed by atoms with Crippen LogP contribution in [0.5, 0.6) is 17.2 Å². The first kappa shape index (κ1) is 26.2. The molecule has 10 heteroatoms. The van der Waals surface area contributed by atoms with Crippen LogP contribution in [-0.4, -0.2) is 36.7 Å². The largest absolute Gasteiger partial charge is 0.496 e. The van der Waals surface area contributed by atoms with Gasteiger partial charge in [0, 0.05) is 0 Å². The summed E-state index contributed by atoms with van der Waals surface area (Å²) >= 11 is 2.85. The number of benzene rings is 3. The average Bonchev–Trinajstić information content (AvgIpc) is 2.88. The van der Waals surface area contributed by atoms with Gasteiger partial charge in [0.25, 0.3) is 0 Å². The Balaban J connectivity index is 1.88. The summed E-state index contributed by atoms with van der Waals surface area (Å²) in [7, 11) is 4.46. The zero-order chi connectivity index (χ0) is 24.5. The molecule has 3 aromatic carbocycles. The Hall–Kier alpha value is -2.45. The van der Waals surface area contributed by atoms with E-state index in [1.165, 1.54) is 21.3 Å². The molecule has 0 bridgehead atoms. The maximum absolute atomic E-state index is 13.1. The summed E-state index contributed by atoms with van der Waals surface area (Å²) in [5.74, 6) is 1.28. The van der Waals surface area contributed by atoms with Gasteiger partial charge in [0.2, 0.25) is 15.3 Å². The maximum atomic E-state index is 13.1. The average molecular weight is 533 g/mol. The fourth-order valence-electron chi connectivity index (χ4n) is 2.85. The summed E-state index contributed by atoms with van der Waals surface area (Å²) < 4.78 is 15.9. The summed E-state index contributed by atoms with van der Waals surface area (Å²) in [6.07, 6.45) is 0. The smallest absolute Gasteiger partial charge is 0.228 e. The number of carbonyl (C=O) groups is 3. The predicted molar refractivity (Wildman–Crippen MR) is 142 cm³/mol. The Bertz CT molecular complexity index is 1040. The van der Waals surface area contributed by atoms with Crippen molar-refractivity contribution in [1.29, 1.82) is 0 Å². The van der Waals surface area contributed by atoms with Gasteiger partial charge >= 0.3 is 0 Å². The van der Waals surface area contributed by atoms with E-state index in [4.69, 9.17) is 14.2 Å². The van der Waals surface area contributed by atoms with Crippen LogP contribution in [0, 0.1) is 0 Å². The van der Waals surface area contributed by atoms with Gasteiger partial charge in [0.15, 0.2) is 0 Å². The third-order valence-corrected chi connectivity index (χ3v) is 12.9. The highest BCUT2D eigenvalue weighted by molar-refractivity contribution is 9.18. The van der Waals surface area contributed by atoms with Crippen molar-refractivity contribution in [3.63, 3.8) is 0 Å². The van der Waals surface area contributed by atoms with Gasteiger partial charge in [-0.25, -0.2) is 0 Å². The number of rotatable bonds is 9. The second kappa shape index (κ2) is 12.9. The fourth-order valence-corrected chi connectivity index (χ4v) is 11.3. The van der Waals surface area contributed by atoms with Crippen molar-refractivity contribution in [3.8, 4) is 17.2 Å². The number of para-hydroxylation sites is 3. The van der Waals surface area contributed by atoms with Gasteiger partial charge in [-0.05, 0) is 70.5 Å². The normalized spacial score (nSPS) is 10.6. The fraction of sp³-hybridized carbons (Fsp3) is 0.125. The second-order valence-electron chi connectivity index (χ2n) is 6.46. The zero-order valence-corrected chi connectivity index (χ0v) is 21.9. The molecule has 0 aromatic heterocycles. The molecule has 176 valence electrons. The molecular weight excluding hydrogens is 511 g/mol. The molecule has 0 saturated carbocycles. The summed E-state index contributed by atoms with van der Waals surface area (Å²) in [6, 6.07) is 20.5. The van der Waals surface area contributed by atoms with Crippen LogP contribution in [0.1, 0.15) is 31.1 Å². The van der Waals surface area contributed by atoms with Crippen molar-refractivity contribution >= 4 is 55.0 Å². The van der Waals surface area contributed by atoms with Crippen LogP contribution in [0.3, 0.4) is 0 Å². The highest BCUT2D eigenvalue weighted by Gasteiger charge is 2.28. The molecule has 0 spiro atoms. The van der Waals surface area contributed by atoms with Gasteiger partial charge < -0.3 is 14.2 Å². The van der Waals surface area contributed by atoms with Crippen LogP contribution >= 0.6 is 39.7 Å². The third kappa shape index (κ3) is 6.57. The Kier molecular flexibility index (Phi) is 9.89. The first-order valence-corrected chi connectivity index (χ1v) is 15.4. The Morgan fingerprint density at radius 1 is 0.529 bits per heavy atom. The first-order valence-electron chi connectivity index (χ1n) is 9.84. The minimum absolute atomic E-state index is 0.288. The lowest BCUT2D eigenvalue weighted by molar-refractivity contribution is 0.108. The lowest BCUT2D eigenvalue weighted by atomic mass is 10.2. The minimum Gasteiger partial charge on any atom is -0.496 e. The lowest BCUT2D eigenvalue weighted by Crippen LogP contribution is -2.00. The molecule has 3 rings (SSSR count). The number of hydrogen-bond donors (Lipinski definition) is 0. The van der Waals surface area contributed by atoms with Gasteiger partial charge in [0.1, 0.15) is 17.2 Å². The Labute approximate surface area is 211 Å². The van der Waals surface area contributed by atoms with Crippen molar-refractivity contribution < 1.29 is 28.6 Å². The monoisotopic (exact) mass is 532 g/mol. The lowest BCUT2D eigenvalue weighted by Gasteiger charge is -2.15. The van der Waals surface area contributed by atoms with Crippen LogP contribution < -0.4 is 14.2 Å². The molecule has 6 nitrogen and oxygen atoms in total. The molecule has 0 amide bonds. The third-order valence-electron chi connectivity index (χ3n) is 4.45. The first-order chi connectivity index (χ1) is 16.5. The highest BCUT2D eigenvalue weighted by Crippen LogP contribution is 2.72. The van der Waals surface area contributed by atoms with Gasteiger partial charge in [-0.15, -0.1) is 0 Å². The molecular formula is C24H21O6PS3. The van der Waals surface area contributed by atoms with Crippen LogP contribution in [0.15, 0.2) is 72.8 Å². The molecule has 0 fully saturated rings. The van der Waals surface area contributed by atoms with Crippen LogP contribution in [0.25, 0.3) is 0 Å². The van der Waals surface area contributed by atoms with Crippen molar-refractivity contribution in [3.05, 3.63) is 89.5 Å². The number of hydrogen-bond acceptors (Lipinski definition) is 9. The highest BCUT2D eigenvalue weighted by atomic mass is 33.4. The van der Waals surface area contributed by atoms with Gasteiger partial charge in [0.05, 0.1) is 43.5 Å². The number of ether oxygens (including phenoxy) is 3. The number of methoxy groups -OCH3 is 3. The van der Waals surface area contributed by atoms with E-state index < -0.39 is 5.53 Å². The predicted octanol–water partition coefficient (Wildman–Crippen LogP) is 6.96. The van der Waals surface area contributed by atoms with E-state index >= 15 is 0 Å². The van der Waals surface area contributed by atoms with Crippen molar-refractivity contribution in [2.24, 2.45) is 0 Å². The molecule has 0 saturated heterocycles. The molecule has 0 unspecified atom stereocenters. The quantitative estimate of drug-likeness (QED) is 0.272. The topological polar surface area (TPSA) is 78.9 Å². The Morgan fingerprint density at radius 2 is 0.794 bits per heavy atom. The van der Waals surface area contributed by atoms with E-state index in [-0.39, 0.29) is 15.3 Å². The number of carbonyl (C=O) groups excluding carboxylic acids is 3. The van der Waals surface area contributed by atoms with Crippen molar-refractivity contribution in [2.45, 2.75) is 0 Å². The van der Waals surface area contributed by atoms with Gasteiger partial charge in [-0.2, -0.15) is 0 Å². The second-order valence-corrected chi connectivity index (χ2v) is 15.6. The van der Waals surface area contributed by atoms with E-state index in [0.29, 0.717) is 33.9 Å². The molecule has 0 N–H and O–H groups in total. The van der Waals surface area contributed by atoms with Crippen LogP contribution in [0.2, 0.25) is 0 Å². The summed E-state index contributed by atoms with van der Waals surface area (Å²) in [5, 5.41) is -0.863. The molecule has 3 aromatic rings. The molecule has 0 heterocycles. The van der Waals surface area contributed by atoms with Crippen LogP contribution in [-0.2, 0) is 0 Å². The standard InChI is InChI=1S/C24H21O6PS3/c1-28-19-13-7-4-10-16(19)22(25)32-31(33-23(26)17-11-5-8-14-20(17)29-2)34-24(27)18-12-6-9-15-21(18)30-3/h4-15H,1-3H3. The van der Waals surface area contributed by atoms with E-state index in [2.05, 4.69) is 0 Å². The van der Waals surface area contributed by atoms with E-state index in [0.717, 1.165) is 34.1 Å². The van der Waals surface area contributed by atoms with Crippen LogP contribution in [0.4, 0.5) is 0 Å². The maximum Gasteiger partial charge on any atom is 0.228 e. The summed E-state index contributed by atoms with van der Waals surface area (Å²) in [4.78, 5) is 39.4. The molecule has 0 radical (unpaired) electrons. The molecule has 34 heavy (non-hydrogen) atoms. The van der Waals surface area contributed by atoms with Gasteiger partial charge in [-0.3, -0.25) is 14.4 Å².